The van der Waals surface area contributed by atoms with E-state index < -0.39 is 5.91 Å². The number of furan rings is 1. The normalized spacial score (nSPS) is 18.5. The number of benzene rings is 1. The molecule has 2 aromatic rings. The average Bonchev–Trinajstić information content (AvgIpc) is 3.55. The van der Waals surface area contributed by atoms with Gasteiger partial charge < -0.3 is 29.4 Å². The van der Waals surface area contributed by atoms with Crippen LogP contribution < -0.4 is 10.6 Å². The van der Waals surface area contributed by atoms with Gasteiger partial charge in [-0.15, -0.1) is 0 Å². The van der Waals surface area contributed by atoms with Gasteiger partial charge in [0.1, 0.15) is 15.8 Å². The van der Waals surface area contributed by atoms with Crippen LogP contribution >= 0.6 is 24.0 Å². The zero-order valence-electron chi connectivity index (χ0n) is 18.7. The molecule has 4 rings (SSSR count). The predicted molar refractivity (Wildman–Crippen MR) is 133 cm³/mol. The molecule has 0 aliphatic carbocycles. The molecule has 8 nitrogen and oxygen atoms in total. The molecule has 1 unspecified atom stereocenters. The molecular formula is C24H27N3O5S2. The first-order valence-electron chi connectivity index (χ1n) is 11.2. The summed E-state index contributed by atoms with van der Waals surface area (Å²) in [5, 5.41) is 6.17. The molecule has 0 bridgehead atoms. The van der Waals surface area contributed by atoms with Crippen molar-refractivity contribution in [1.82, 2.24) is 15.5 Å². The molecule has 180 valence electrons. The molecule has 2 N–H and O–H groups in total. The van der Waals surface area contributed by atoms with E-state index in [-0.39, 0.29) is 17.7 Å². The summed E-state index contributed by atoms with van der Waals surface area (Å²) in [6.45, 7) is 3.88. The molecule has 2 aliphatic rings. The van der Waals surface area contributed by atoms with Crippen LogP contribution in [0.4, 0.5) is 0 Å². The van der Waals surface area contributed by atoms with E-state index >= 15 is 0 Å². The van der Waals surface area contributed by atoms with Crippen molar-refractivity contribution >= 4 is 46.2 Å². The van der Waals surface area contributed by atoms with Gasteiger partial charge in [0.25, 0.3) is 11.8 Å². The van der Waals surface area contributed by atoms with Gasteiger partial charge in [-0.1, -0.05) is 30.4 Å². The van der Waals surface area contributed by atoms with Gasteiger partial charge in [0.05, 0.1) is 19.3 Å². The van der Waals surface area contributed by atoms with Gasteiger partial charge in [-0.25, -0.2) is 0 Å². The summed E-state index contributed by atoms with van der Waals surface area (Å²) in [5.74, 6) is -0.356. The van der Waals surface area contributed by atoms with Crippen LogP contribution in [0.2, 0.25) is 0 Å². The number of rotatable bonds is 7. The minimum Gasteiger partial charge on any atom is -0.450 e. The molecule has 2 saturated heterocycles. The fraction of sp³-hybridized carbons (Fsp3) is 0.375. The van der Waals surface area contributed by atoms with E-state index in [1.807, 2.05) is 6.07 Å². The van der Waals surface area contributed by atoms with Gasteiger partial charge >= 0.3 is 0 Å². The van der Waals surface area contributed by atoms with Crippen LogP contribution in [0.25, 0.3) is 6.08 Å². The zero-order valence-corrected chi connectivity index (χ0v) is 20.3. The van der Waals surface area contributed by atoms with Crippen LogP contribution in [0.1, 0.15) is 29.0 Å². The molecular weight excluding hydrogens is 474 g/mol. The highest BCUT2D eigenvalue weighted by Crippen LogP contribution is 2.25. The number of nitrogens with one attached hydrogen (secondary N) is 2. The molecule has 1 atom stereocenters. The first kappa shape index (κ1) is 24.5. The number of thiocarbonyl (C=S) groups is 1. The van der Waals surface area contributed by atoms with Crippen LogP contribution in [0.5, 0.6) is 0 Å². The Labute approximate surface area is 208 Å². The van der Waals surface area contributed by atoms with E-state index in [0.717, 1.165) is 25.9 Å². The number of morpholine rings is 1. The van der Waals surface area contributed by atoms with E-state index in [2.05, 4.69) is 15.5 Å². The molecule has 1 aromatic carbocycles. The lowest BCUT2D eigenvalue weighted by Gasteiger charge is -2.28. The van der Waals surface area contributed by atoms with Gasteiger partial charge in [-0.05, 0) is 48.9 Å². The van der Waals surface area contributed by atoms with E-state index in [1.165, 1.54) is 17.8 Å². The Kier molecular flexibility index (Phi) is 8.75. The topological polar surface area (TPSA) is 93.0 Å². The molecule has 10 heteroatoms. The summed E-state index contributed by atoms with van der Waals surface area (Å²) in [7, 11) is 0. The van der Waals surface area contributed by atoms with Gasteiger partial charge in [0.2, 0.25) is 0 Å². The highest BCUT2D eigenvalue weighted by atomic mass is 32.2. The Morgan fingerprint density at radius 2 is 1.91 bits per heavy atom. The molecule has 1 aromatic heterocycles. The fourth-order valence-electron chi connectivity index (χ4n) is 3.56. The number of carbonyl (C=O) groups excluding carboxylic acids is 2. The number of amides is 2. The third-order valence-corrected chi connectivity index (χ3v) is 6.75. The molecule has 0 saturated carbocycles. The number of carbonyl (C=O) groups is 2. The van der Waals surface area contributed by atoms with Crippen LogP contribution in [0, 0.1) is 0 Å². The highest BCUT2D eigenvalue weighted by Gasteiger charge is 2.20. The molecule has 2 fully saturated rings. The molecule has 2 aliphatic heterocycles. The van der Waals surface area contributed by atoms with Crippen molar-refractivity contribution in [1.29, 1.82) is 0 Å². The van der Waals surface area contributed by atoms with E-state index in [1.54, 1.807) is 36.4 Å². The molecule has 34 heavy (non-hydrogen) atoms. The van der Waals surface area contributed by atoms with Crippen molar-refractivity contribution in [2.45, 2.75) is 24.0 Å². The van der Waals surface area contributed by atoms with Crippen molar-refractivity contribution < 1.29 is 23.5 Å². The summed E-state index contributed by atoms with van der Waals surface area (Å²) in [4.78, 5) is 27.7. The van der Waals surface area contributed by atoms with Gasteiger partial charge in [-0.2, -0.15) is 0 Å². The standard InChI is InChI=1S/C24H27N3O5S2/c28-22(17-5-2-1-3-6-17)26-20(23(29)25-16-19-7-4-12-31-19)15-18-8-9-21(32-18)34-24(33)27-10-13-30-14-11-27/h1-3,5-6,8-9,15,19H,4,7,10-14,16H2,(H,25,29)(H,26,28). The van der Waals surface area contributed by atoms with Crippen LogP contribution in [0.15, 0.2) is 57.7 Å². The third kappa shape index (κ3) is 6.92. The van der Waals surface area contributed by atoms with Gasteiger partial charge in [0.15, 0.2) is 5.09 Å². The Bertz CT molecular complexity index is 1030. The first-order valence-corrected chi connectivity index (χ1v) is 12.4. The van der Waals surface area contributed by atoms with Crippen molar-refractivity contribution in [3.8, 4) is 0 Å². The smallest absolute Gasteiger partial charge is 0.268 e. The summed E-state index contributed by atoms with van der Waals surface area (Å²) in [6, 6.07) is 12.3. The maximum atomic E-state index is 12.9. The second-order valence-corrected chi connectivity index (χ2v) is 9.49. The molecule has 3 heterocycles. The van der Waals surface area contributed by atoms with Crippen molar-refractivity contribution in [2.75, 3.05) is 39.5 Å². The maximum absolute atomic E-state index is 12.9. The minimum atomic E-state index is -0.408. The maximum Gasteiger partial charge on any atom is 0.268 e. The van der Waals surface area contributed by atoms with E-state index in [0.29, 0.717) is 47.1 Å². The molecule has 0 radical (unpaired) electrons. The predicted octanol–water partition coefficient (Wildman–Crippen LogP) is 3.05. The Morgan fingerprint density at radius 3 is 2.65 bits per heavy atom. The van der Waals surface area contributed by atoms with Gasteiger partial charge in [0, 0.05) is 37.9 Å². The van der Waals surface area contributed by atoms with Crippen LogP contribution in [0.3, 0.4) is 0 Å². The SMILES string of the molecule is O=C(NCC1CCCO1)C(=Cc1ccc(SC(=S)N2CCOCC2)o1)NC(=O)c1ccccc1. The average molecular weight is 502 g/mol. The molecule has 0 spiro atoms. The van der Waals surface area contributed by atoms with Crippen LogP contribution in [-0.4, -0.2) is 66.6 Å². The monoisotopic (exact) mass is 501 g/mol. The van der Waals surface area contributed by atoms with Crippen molar-refractivity contribution in [2.24, 2.45) is 0 Å². The minimum absolute atomic E-state index is 0.0113. The lowest BCUT2D eigenvalue weighted by Crippen LogP contribution is -2.38. The summed E-state index contributed by atoms with van der Waals surface area (Å²) < 4.78 is 17.5. The number of thioether (sulfide) groups is 1. The quantitative estimate of drug-likeness (QED) is 0.340. The summed E-state index contributed by atoms with van der Waals surface area (Å²) in [5.41, 5.74) is 0.542. The number of hydrogen-bond acceptors (Lipinski definition) is 7. The van der Waals surface area contributed by atoms with E-state index in [9.17, 15) is 9.59 Å². The highest BCUT2D eigenvalue weighted by molar-refractivity contribution is 8.22. The lowest BCUT2D eigenvalue weighted by atomic mass is 10.2. The first-order chi connectivity index (χ1) is 16.6. The number of hydrogen-bond donors (Lipinski definition) is 2. The molecule has 2 amide bonds. The Balaban J connectivity index is 1.45. The van der Waals surface area contributed by atoms with Crippen LogP contribution in [-0.2, 0) is 14.3 Å². The number of ether oxygens (including phenoxy) is 2. The van der Waals surface area contributed by atoms with Crippen molar-refractivity contribution in [3.05, 3.63) is 59.5 Å². The second-order valence-electron chi connectivity index (χ2n) is 7.85. The van der Waals surface area contributed by atoms with Crippen molar-refractivity contribution in [3.63, 3.8) is 0 Å². The Hall–Kier alpha value is -2.66. The summed E-state index contributed by atoms with van der Waals surface area (Å²) in [6.07, 6.45) is 3.39. The van der Waals surface area contributed by atoms with E-state index in [4.69, 9.17) is 26.1 Å². The summed E-state index contributed by atoms with van der Waals surface area (Å²) >= 11 is 6.86. The number of nitrogens with zero attached hydrogens (tertiary/aromatic N) is 1. The largest absolute Gasteiger partial charge is 0.450 e. The lowest BCUT2D eigenvalue weighted by molar-refractivity contribution is -0.118. The Morgan fingerprint density at radius 1 is 1.12 bits per heavy atom. The second kappa shape index (κ2) is 12.2. The third-order valence-electron chi connectivity index (χ3n) is 5.39. The fourth-order valence-corrected chi connectivity index (χ4v) is 4.74. The zero-order chi connectivity index (χ0) is 23.8. The van der Waals surface area contributed by atoms with Gasteiger partial charge in [-0.3, -0.25) is 9.59 Å².